The van der Waals surface area contributed by atoms with E-state index in [1.165, 1.54) is 19.3 Å². The molecular formula is C22H25N3O3S. The van der Waals surface area contributed by atoms with Crippen molar-refractivity contribution in [2.24, 2.45) is 0 Å². The highest BCUT2D eigenvalue weighted by molar-refractivity contribution is 7.07. The number of aromatic nitrogens is 1. The van der Waals surface area contributed by atoms with Crippen molar-refractivity contribution in [3.05, 3.63) is 70.6 Å². The SMILES string of the molecule is O=C(NCC(c1ccco1)N1CCCCC1)c1ccc(OCc2cscn2)cc1. The van der Waals surface area contributed by atoms with Gasteiger partial charge in [-0.3, -0.25) is 9.69 Å². The molecule has 29 heavy (non-hydrogen) atoms. The lowest BCUT2D eigenvalue weighted by Gasteiger charge is -2.33. The Hall–Kier alpha value is -2.64. The van der Waals surface area contributed by atoms with Crippen LogP contribution in [0.5, 0.6) is 5.75 Å². The first kappa shape index (κ1) is 19.7. The van der Waals surface area contributed by atoms with Crippen molar-refractivity contribution in [3.63, 3.8) is 0 Å². The molecule has 1 saturated heterocycles. The summed E-state index contributed by atoms with van der Waals surface area (Å²) in [5, 5.41) is 5.03. The Balaban J connectivity index is 1.33. The number of carbonyl (C=O) groups excluding carboxylic acids is 1. The van der Waals surface area contributed by atoms with E-state index in [0.29, 0.717) is 18.7 Å². The third-order valence-electron chi connectivity index (χ3n) is 5.15. The fourth-order valence-corrected chi connectivity index (χ4v) is 4.12. The molecule has 7 heteroatoms. The predicted molar refractivity (Wildman–Crippen MR) is 112 cm³/mol. The second kappa shape index (κ2) is 9.71. The zero-order valence-electron chi connectivity index (χ0n) is 16.3. The van der Waals surface area contributed by atoms with E-state index in [4.69, 9.17) is 9.15 Å². The Kier molecular flexibility index (Phi) is 6.59. The summed E-state index contributed by atoms with van der Waals surface area (Å²) in [6, 6.07) is 11.2. The molecule has 4 rings (SSSR count). The fraction of sp³-hybridized carbons (Fsp3) is 0.364. The zero-order chi connectivity index (χ0) is 19.9. The molecule has 3 aromatic rings. The quantitative estimate of drug-likeness (QED) is 0.599. The summed E-state index contributed by atoms with van der Waals surface area (Å²) in [7, 11) is 0. The number of rotatable bonds is 8. The van der Waals surface area contributed by atoms with Gasteiger partial charge in [0.25, 0.3) is 5.91 Å². The van der Waals surface area contributed by atoms with Gasteiger partial charge in [-0.05, 0) is 62.3 Å². The second-order valence-electron chi connectivity index (χ2n) is 7.13. The molecule has 3 heterocycles. The molecule has 2 aromatic heterocycles. The molecule has 0 aliphatic carbocycles. The van der Waals surface area contributed by atoms with Crippen LogP contribution in [0.1, 0.15) is 47.1 Å². The molecule has 1 unspecified atom stereocenters. The lowest BCUT2D eigenvalue weighted by Crippen LogP contribution is -2.40. The van der Waals surface area contributed by atoms with Gasteiger partial charge in [0.15, 0.2) is 0 Å². The molecule has 0 saturated carbocycles. The van der Waals surface area contributed by atoms with Gasteiger partial charge in [-0.2, -0.15) is 0 Å². The van der Waals surface area contributed by atoms with Crippen molar-refractivity contribution in [1.29, 1.82) is 0 Å². The molecule has 1 N–H and O–H groups in total. The van der Waals surface area contributed by atoms with Gasteiger partial charge in [-0.25, -0.2) is 4.98 Å². The smallest absolute Gasteiger partial charge is 0.251 e. The van der Waals surface area contributed by atoms with E-state index in [1.54, 1.807) is 35.2 Å². The number of nitrogens with zero attached hydrogens (tertiary/aromatic N) is 2. The first-order chi connectivity index (χ1) is 14.3. The van der Waals surface area contributed by atoms with Crippen molar-refractivity contribution >= 4 is 17.2 Å². The summed E-state index contributed by atoms with van der Waals surface area (Å²) < 4.78 is 11.4. The minimum absolute atomic E-state index is 0.0648. The van der Waals surface area contributed by atoms with Crippen LogP contribution in [0.2, 0.25) is 0 Å². The highest BCUT2D eigenvalue weighted by Crippen LogP contribution is 2.24. The van der Waals surface area contributed by atoms with Crippen LogP contribution in [-0.4, -0.2) is 35.4 Å². The molecule has 152 valence electrons. The van der Waals surface area contributed by atoms with Gasteiger partial charge < -0.3 is 14.5 Å². The third kappa shape index (κ3) is 5.25. The molecule has 1 aliphatic heterocycles. The van der Waals surface area contributed by atoms with Crippen molar-refractivity contribution < 1.29 is 13.9 Å². The molecule has 0 spiro atoms. The van der Waals surface area contributed by atoms with Gasteiger partial charge in [0, 0.05) is 17.5 Å². The summed E-state index contributed by atoms with van der Waals surface area (Å²) in [4.78, 5) is 19.2. The minimum atomic E-state index is -0.0929. The number of hydrogen-bond acceptors (Lipinski definition) is 6. The third-order valence-corrected chi connectivity index (χ3v) is 5.78. The summed E-state index contributed by atoms with van der Waals surface area (Å²) in [6.07, 6.45) is 5.34. The van der Waals surface area contributed by atoms with Gasteiger partial charge in [0.05, 0.1) is 23.5 Å². The molecule has 0 bridgehead atoms. The van der Waals surface area contributed by atoms with Crippen LogP contribution < -0.4 is 10.1 Å². The summed E-state index contributed by atoms with van der Waals surface area (Å²) in [6.45, 7) is 3.02. The first-order valence-corrected chi connectivity index (χ1v) is 10.9. The van der Waals surface area contributed by atoms with Crippen LogP contribution in [0.15, 0.2) is 58.0 Å². The number of thiazole rings is 1. The van der Waals surface area contributed by atoms with E-state index in [0.717, 1.165) is 30.3 Å². The fourth-order valence-electron chi connectivity index (χ4n) is 3.58. The maximum atomic E-state index is 12.6. The van der Waals surface area contributed by atoms with Gasteiger partial charge in [0.2, 0.25) is 0 Å². The van der Waals surface area contributed by atoms with Crippen molar-refractivity contribution in [2.45, 2.75) is 31.9 Å². The Morgan fingerprint density at radius 1 is 1.21 bits per heavy atom. The highest BCUT2D eigenvalue weighted by Gasteiger charge is 2.25. The first-order valence-electron chi connectivity index (χ1n) is 9.95. The molecule has 6 nitrogen and oxygen atoms in total. The van der Waals surface area contributed by atoms with Gasteiger partial charge in [-0.1, -0.05) is 6.42 Å². The van der Waals surface area contributed by atoms with Crippen molar-refractivity contribution in [1.82, 2.24) is 15.2 Å². The molecule has 1 aliphatic rings. The van der Waals surface area contributed by atoms with Crippen LogP contribution in [0.3, 0.4) is 0 Å². The molecule has 1 aromatic carbocycles. The molecule has 1 fully saturated rings. The van der Waals surface area contributed by atoms with Gasteiger partial charge in [0.1, 0.15) is 18.1 Å². The van der Waals surface area contributed by atoms with Gasteiger partial charge >= 0.3 is 0 Å². The van der Waals surface area contributed by atoms with Crippen LogP contribution in [-0.2, 0) is 6.61 Å². The Morgan fingerprint density at radius 2 is 2.03 bits per heavy atom. The van der Waals surface area contributed by atoms with Gasteiger partial charge in [-0.15, -0.1) is 11.3 Å². The van der Waals surface area contributed by atoms with Crippen LogP contribution in [0, 0.1) is 0 Å². The number of likely N-dealkylation sites (tertiary alicyclic amines) is 1. The van der Waals surface area contributed by atoms with E-state index >= 15 is 0 Å². The van der Waals surface area contributed by atoms with E-state index in [9.17, 15) is 4.79 Å². The number of amides is 1. The van der Waals surface area contributed by atoms with Crippen LogP contribution in [0.4, 0.5) is 0 Å². The van der Waals surface area contributed by atoms with Crippen LogP contribution >= 0.6 is 11.3 Å². The minimum Gasteiger partial charge on any atom is -0.487 e. The van der Waals surface area contributed by atoms with Crippen LogP contribution in [0.25, 0.3) is 0 Å². The average Bonchev–Trinajstić information content (AvgIpc) is 3.48. The maximum absolute atomic E-state index is 12.6. The Morgan fingerprint density at radius 3 is 2.72 bits per heavy atom. The van der Waals surface area contributed by atoms with Crippen molar-refractivity contribution in [3.8, 4) is 5.75 Å². The number of benzene rings is 1. The highest BCUT2D eigenvalue weighted by atomic mass is 32.1. The molecule has 0 radical (unpaired) electrons. The molecule has 1 atom stereocenters. The second-order valence-corrected chi connectivity index (χ2v) is 7.85. The lowest BCUT2D eigenvalue weighted by molar-refractivity contribution is 0.0914. The topological polar surface area (TPSA) is 67.6 Å². The Bertz CT molecular complexity index is 873. The van der Waals surface area contributed by atoms with E-state index in [-0.39, 0.29) is 11.9 Å². The summed E-state index contributed by atoms with van der Waals surface area (Å²) in [5.41, 5.74) is 3.30. The number of piperidine rings is 1. The monoisotopic (exact) mass is 411 g/mol. The number of ether oxygens (including phenoxy) is 1. The summed E-state index contributed by atoms with van der Waals surface area (Å²) in [5.74, 6) is 1.53. The van der Waals surface area contributed by atoms with E-state index < -0.39 is 0 Å². The van der Waals surface area contributed by atoms with Crippen molar-refractivity contribution in [2.75, 3.05) is 19.6 Å². The number of nitrogens with one attached hydrogen (secondary N) is 1. The zero-order valence-corrected chi connectivity index (χ0v) is 17.1. The Labute approximate surface area is 174 Å². The van der Waals surface area contributed by atoms with E-state index in [2.05, 4.69) is 15.2 Å². The predicted octanol–water partition coefficient (Wildman–Crippen LogP) is 4.27. The number of hydrogen-bond donors (Lipinski definition) is 1. The molecular weight excluding hydrogens is 386 g/mol. The lowest BCUT2D eigenvalue weighted by atomic mass is 10.1. The average molecular weight is 412 g/mol. The standard InChI is InChI=1S/C22H25N3O3S/c26-22(17-6-8-19(9-7-17)28-14-18-15-29-16-24-18)23-13-20(21-5-4-12-27-21)25-10-2-1-3-11-25/h4-9,12,15-16,20H,1-3,10-11,13-14H2,(H,23,26). The van der Waals surface area contributed by atoms with E-state index in [1.807, 2.05) is 29.6 Å². The number of carbonyl (C=O) groups is 1. The number of furan rings is 1. The normalized spacial score (nSPS) is 15.7. The molecule has 1 amide bonds. The summed E-state index contributed by atoms with van der Waals surface area (Å²) >= 11 is 1.54. The maximum Gasteiger partial charge on any atom is 0.251 e. The largest absolute Gasteiger partial charge is 0.487 e.